The van der Waals surface area contributed by atoms with E-state index < -0.39 is 17.3 Å². The molecule has 1 saturated heterocycles. The van der Waals surface area contributed by atoms with Gasteiger partial charge >= 0.3 is 6.03 Å². The molecule has 1 aromatic carbocycles. The number of nitrogens with one attached hydrogen (secondary N) is 2. The van der Waals surface area contributed by atoms with Crippen molar-refractivity contribution in [2.24, 2.45) is 5.73 Å². The van der Waals surface area contributed by atoms with Crippen molar-refractivity contribution in [3.05, 3.63) is 58.1 Å². The van der Waals surface area contributed by atoms with Gasteiger partial charge in [-0.25, -0.2) is 14.2 Å². The number of aromatic nitrogens is 3. The van der Waals surface area contributed by atoms with E-state index >= 15 is 0 Å². The van der Waals surface area contributed by atoms with Crippen molar-refractivity contribution in [3.63, 3.8) is 0 Å². The van der Waals surface area contributed by atoms with Crippen LogP contribution < -0.4 is 31.4 Å². The van der Waals surface area contributed by atoms with Gasteiger partial charge in [0.15, 0.2) is 11.4 Å². The zero-order chi connectivity index (χ0) is 25.7. The molecule has 1 aliphatic heterocycles. The zero-order valence-electron chi connectivity index (χ0n) is 19.3. The number of amides is 2. The summed E-state index contributed by atoms with van der Waals surface area (Å²) in [6, 6.07) is 7.05. The van der Waals surface area contributed by atoms with Crippen LogP contribution in [-0.2, 0) is 4.74 Å². The number of nitrogens with two attached hydrogens (primary N) is 1. The van der Waals surface area contributed by atoms with E-state index in [-0.39, 0.29) is 35.5 Å². The van der Waals surface area contributed by atoms with Gasteiger partial charge in [0.05, 0.1) is 49.7 Å². The van der Waals surface area contributed by atoms with Crippen molar-refractivity contribution in [1.82, 2.24) is 14.8 Å². The SMILES string of the molecule is COc1ccc(NC(N)=O)c(Oc2ccc(-n3ncc(NC[C@@]4(F)CCCOC4)c(Cl)c3=O)cn2)c1. The molecule has 13 heteroatoms. The van der Waals surface area contributed by atoms with E-state index in [0.717, 1.165) is 4.68 Å². The molecule has 0 spiro atoms. The summed E-state index contributed by atoms with van der Waals surface area (Å²) in [7, 11) is 1.49. The molecule has 190 valence electrons. The number of anilines is 2. The number of benzene rings is 1. The number of methoxy groups -OCH3 is 1. The minimum absolute atomic E-state index is 0.0158. The van der Waals surface area contributed by atoms with Gasteiger partial charge in [0.25, 0.3) is 5.56 Å². The molecule has 0 unspecified atom stereocenters. The maximum absolute atomic E-state index is 14.8. The second-order valence-electron chi connectivity index (χ2n) is 8.06. The van der Waals surface area contributed by atoms with Gasteiger partial charge in [0.1, 0.15) is 10.8 Å². The van der Waals surface area contributed by atoms with Crippen molar-refractivity contribution >= 4 is 29.0 Å². The summed E-state index contributed by atoms with van der Waals surface area (Å²) in [5, 5.41) is 9.31. The summed E-state index contributed by atoms with van der Waals surface area (Å²) < 4.78 is 32.0. The summed E-state index contributed by atoms with van der Waals surface area (Å²) in [4.78, 5) is 28.3. The van der Waals surface area contributed by atoms with Crippen LogP contribution >= 0.6 is 11.6 Å². The molecule has 4 N–H and O–H groups in total. The first-order valence-corrected chi connectivity index (χ1v) is 11.3. The minimum Gasteiger partial charge on any atom is -0.497 e. The maximum Gasteiger partial charge on any atom is 0.316 e. The van der Waals surface area contributed by atoms with E-state index in [1.807, 2.05) is 0 Å². The lowest BCUT2D eigenvalue weighted by Gasteiger charge is -2.29. The molecule has 1 aliphatic rings. The Kier molecular flexibility index (Phi) is 7.55. The number of carbonyl (C=O) groups is 1. The van der Waals surface area contributed by atoms with Crippen LogP contribution in [-0.4, -0.2) is 53.3 Å². The van der Waals surface area contributed by atoms with E-state index in [1.54, 1.807) is 24.3 Å². The number of alkyl halides is 1. The van der Waals surface area contributed by atoms with Crippen molar-refractivity contribution in [3.8, 4) is 23.1 Å². The lowest BCUT2D eigenvalue weighted by Crippen LogP contribution is -2.40. The molecular formula is C23H24ClFN6O5. The lowest BCUT2D eigenvalue weighted by atomic mass is 9.99. The highest BCUT2D eigenvalue weighted by atomic mass is 35.5. The molecule has 0 aliphatic carbocycles. The predicted molar refractivity (Wildman–Crippen MR) is 131 cm³/mol. The Labute approximate surface area is 210 Å². The molecule has 2 amide bonds. The first kappa shape index (κ1) is 25.2. The monoisotopic (exact) mass is 518 g/mol. The van der Waals surface area contributed by atoms with E-state index in [9.17, 15) is 14.0 Å². The number of pyridine rings is 1. The fraction of sp³-hybridized carbons (Fsp3) is 0.304. The van der Waals surface area contributed by atoms with Crippen molar-refractivity contribution < 1.29 is 23.4 Å². The molecule has 11 nitrogen and oxygen atoms in total. The average Bonchev–Trinajstić information content (AvgIpc) is 2.87. The molecule has 1 fully saturated rings. The van der Waals surface area contributed by atoms with Gasteiger partial charge in [0.2, 0.25) is 5.88 Å². The van der Waals surface area contributed by atoms with Crippen LogP contribution in [0, 0.1) is 0 Å². The van der Waals surface area contributed by atoms with Crippen LogP contribution in [0.2, 0.25) is 5.02 Å². The number of primary amides is 1. The van der Waals surface area contributed by atoms with Crippen LogP contribution in [0.5, 0.6) is 17.4 Å². The van der Waals surface area contributed by atoms with Gasteiger partial charge in [-0.3, -0.25) is 4.79 Å². The molecule has 4 rings (SSSR count). The van der Waals surface area contributed by atoms with Gasteiger partial charge in [-0.1, -0.05) is 11.6 Å². The predicted octanol–water partition coefficient (Wildman–Crippen LogP) is 3.50. The van der Waals surface area contributed by atoms with Gasteiger partial charge in [-0.15, -0.1) is 0 Å². The van der Waals surface area contributed by atoms with Crippen LogP contribution in [0.25, 0.3) is 5.69 Å². The Morgan fingerprint density at radius 2 is 2.14 bits per heavy atom. The van der Waals surface area contributed by atoms with E-state index in [4.69, 9.17) is 31.5 Å². The number of ether oxygens (including phenoxy) is 3. The molecule has 3 aromatic rings. The number of carbonyl (C=O) groups excluding carboxylic acids is 1. The summed E-state index contributed by atoms with van der Waals surface area (Å²) in [5.41, 5.74) is 3.93. The van der Waals surface area contributed by atoms with Crippen molar-refractivity contribution in [1.29, 1.82) is 0 Å². The van der Waals surface area contributed by atoms with Gasteiger partial charge < -0.3 is 30.6 Å². The van der Waals surface area contributed by atoms with Gasteiger partial charge in [-0.05, 0) is 31.0 Å². The number of hydrogen-bond donors (Lipinski definition) is 3. The standard InChI is InChI=1S/C23H24ClFN6O5/c1-34-15-4-5-16(30-22(26)33)18(9-15)36-19-6-3-14(10-27-19)31-21(32)20(24)17(11-29-31)28-12-23(25)7-2-8-35-13-23/h3-6,9-11,28H,2,7-8,12-13H2,1H3,(H3,26,30,33)/t23-/m0/s1. The topological polar surface area (TPSA) is 143 Å². The van der Waals surface area contributed by atoms with E-state index in [0.29, 0.717) is 36.6 Å². The summed E-state index contributed by atoms with van der Waals surface area (Å²) in [5.74, 6) is 0.904. The Morgan fingerprint density at radius 3 is 2.81 bits per heavy atom. The van der Waals surface area contributed by atoms with E-state index in [2.05, 4.69) is 20.7 Å². The molecule has 36 heavy (non-hydrogen) atoms. The highest BCUT2D eigenvalue weighted by Crippen LogP contribution is 2.33. The normalized spacial score (nSPS) is 17.3. The minimum atomic E-state index is -1.54. The zero-order valence-corrected chi connectivity index (χ0v) is 20.0. The smallest absolute Gasteiger partial charge is 0.316 e. The molecule has 2 aromatic heterocycles. The van der Waals surface area contributed by atoms with Crippen LogP contribution in [0.1, 0.15) is 12.8 Å². The van der Waals surface area contributed by atoms with Crippen LogP contribution in [0.4, 0.5) is 20.6 Å². The third kappa shape index (κ3) is 5.83. The maximum atomic E-state index is 14.8. The molecule has 3 heterocycles. The third-order valence-electron chi connectivity index (χ3n) is 5.42. The van der Waals surface area contributed by atoms with Gasteiger partial charge in [0, 0.05) is 18.7 Å². The number of rotatable bonds is 8. The molecule has 0 bridgehead atoms. The number of halogens is 2. The van der Waals surface area contributed by atoms with Gasteiger partial charge in [-0.2, -0.15) is 9.78 Å². The molecule has 0 radical (unpaired) electrons. The van der Waals surface area contributed by atoms with Crippen LogP contribution in [0.3, 0.4) is 0 Å². The number of nitrogens with zero attached hydrogens (tertiary/aromatic N) is 3. The number of urea groups is 1. The lowest BCUT2D eigenvalue weighted by molar-refractivity contribution is -0.0234. The Morgan fingerprint density at radius 1 is 1.31 bits per heavy atom. The van der Waals surface area contributed by atoms with Crippen molar-refractivity contribution in [2.75, 3.05) is 37.5 Å². The summed E-state index contributed by atoms with van der Waals surface area (Å²) in [6.45, 7) is 0.466. The van der Waals surface area contributed by atoms with Crippen LogP contribution in [0.15, 0.2) is 47.5 Å². The van der Waals surface area contributed by atoms with Crippen molar-refractivity contribution in [2.45, 2.75) is 18.5 Å². The average molecular weight is 519 g/mol. The highest BCUT2D eigenvalue weighted by Gasteiger charge is 2.32. The second-order valence-corrected chi connectivity index (χ2v) is 8.44. The first-order valence-electron chi connectivity index (χ1n) is 11.0. The largest absolute Gasteiger partial charge is 0.497 e. The highest BCUT2D eigenvalue weighted by molar-refractivity contribution is 6.32. The molecule has 0 saturated carbocycles. The summed E-state index contributed by atoms with van der Waals surface area (Å²) in [6.07, 6.45) is 3.70. The fourth-order valence-electron chi connectivity index (χ4n) is 3.57. The Balaban J connectivity index is 1.50. The second kappa shape index (κ2) is 10.8. The quantitative estimate of drug-likeness (QED) is 0.411. The first-order chi connectivity index (χ1) is 17.3. The fourth-order valence-corrected chi connectivity index (χ4v) is 3.77. The Bertz CT molecular complexity index is 1300. The van der Waals surface area contributed by atoms with E-state index in [1.165, 1.54) is 25.6 Å². The molecule has 1 atom stereocenters. The third-order valence-corrected chi connectivity index (χ3v) is 5.78. The molecular weight excluding hydrogens is 495 g/mol. The Hall–Kier alpha value is -3.90. The summed E-state index contributed by atoms with van der Waals surface area (Å²) >= 11 is 6.25. The number of hydrogen-bond acceptors (Lipinski definition) is 8.